The Kier molecular flexibility index (Phi) is 3.42. The maximum absolute atomic E-state index is 10.3. The summed E-state index contributed by atoms with van der Waals surface area (Å²) in [6, 6.07) is 9.97. The molecule has 2 aromatic carbocycles. The van der Waals surface area contributed by atoms with Crippen molar-refractivity contribution < 1.29 is 5.11 Å². The number of azo groups is 1. The van der Waals surface area contributed by atoms with Crippen LogP contribution in [0.2, 0.25) is 0 Å². The second kappa shape index (κ2) is 5.85. The van der Waals surface area contributed by atoms with Gasteiger partial charge in [-0.05, 0) is 38.0 Å². The van der Waals surface area contributed by atoms with Crippen molar-refractivity contribution in [2.24, 2.45) is 10.2 Å². The molecule has 0 saturated carbocycles. The van der Waals surface area contributed by atoms with Crippen LogP contribution in [-0.4, -0.2) is 30.3 Å². The summed E-state index contributed by atoms with van der Waals surface area (Å²) in [5.74, 6) is 0.0811. The van der Waals surface area contributed by atoms with Gasteiger partial charge in [0.1, 0.15) is 5.52 Å². The molecule has 8 nitrogen and oxygen atoms in total. The lowest BCUT2D eigenvalue weighted by atomic mass is 10.1. The summed E-state index contributed by atoms with van der Waals surface area (Å²) in [5, 5.41) is 28.6. The highest BCUT2D eigenvalue weighted by atomic mass is 16.3. The number of aryl methyl sites for hydroxylation is 3. The van der Waals surface area contributed by atoms with Crippen molar-refractivity contribution in [2.75, 3.05) is 0 Å². The molecule has 0 aliphatic heterocycles. The molecule has 3 aromatic heterocycles. The number of nitrogens with one attached hydrogen (secondary N) is 2. The Bertz CT molecular complexity index is 1410. The van der Waals surface area contributed by atoms with Gasteiger partial charge in [0, 0.05) is 10.8 Å². The van der Waals surface area contributed by atoms with Gasteiger partial charge >= 0.3 is 0 Å². The Morgan fingerprint density at radius 2 is 1.71 bits per heavy atom. The van der Waals surface area contributed by atoms with Crippen LogP contribution in [0.15, 0.2) is 40.6 Å². The minimum absolute atomic E-state index is 0.0391. The first-order chi connectivity index (χ1) is 13.5. The molecule has 0 atom stereocenters. The zero-order chi connectivity index (χ0) is 19.4. The van der Waals surface area contributed by atoms with E-state index in [1.54, 1.807) is 0 Å². The Balaban J connectivity index is 1.61. The fourth-order valence-corrected chi connectivity index (χ4v) is 3.60. The van der Waals surface area contributed by atoms with Gasteiger partial charge in [0.05, 0.1) is 11.0 Å². The zero-order valence-corrected chi connectivity index (χ0v) is 15.6. The smallest absolute Gasteiger partial charge is 0.289 e. The molecule has 0 amide bonds. The summed E-state index contributed by atoms with van der Waals surface area (Å²) in [5.41, 5.74) is 6.67. The topological polar surface area (TPSA) is 115 Å². The minimum Gasteiger partial charge on any atom is -0.493 e. The molecule has 0 unspecified atom stereocenters. The largest absolute Gasteiger partial charge is 0.493 e. The van der Waals surface area contributed by atoms with Gasteiger partial charge < -0.3 is 15.1 Å². The van der Waals surface area contributed by atoms with Crippen LogP contribution >= 0.6 is 0 Å². The number of H-pyrrole nitrogens is 2. The number of hydrogen-bond acceptors (Lipinski definition) is 6. The molecular weight excluding hydrogens is 354 g/mol. The van der Waals surface area contributed by atoms with E-state index in [1.807, 2.05) is 51.1 Å². The van der Waals surface area contributed by atoms with E-state index in [9.17, 15) is 5.11 Å². The van der Waals surface area contributed by atoms with Crippen LogP contribution in [0.25, 0.3) is 33.0 Å². The Morgan fingerprint density at radius 1 is 0.893 bits per heavy atom. The number of nitrogens with zero attached hydrogens (tertiary/aromatic N) is 5. The molecule has 0 radical (unpaired) electrons. The zero-order valence-electron chi connectivity index (χ0n) is 15.6. The van der Waals surface area contributed by atoms with Crippen LogP contribution in [0.1, 0.15) is 16.7 Å². The van der Waals surface area contributed by atoms with Gasteiger partial charge in [-0.3, -0.25) is 0 Å². The summed E-state index contributed by atoms with van der Waals surface area (Å²) in [6.45, 7) is 6.00. The van der Waals surface area contributed by atoms with Crippen molar-refractivity contribution in [3.05, 3.63) is 47.0 Å². The highest BCUT2D eigenvalue weighted by Crippen LogP contribution is 2.38. The second-order valence-electron chi connectivity index (χ2n) is 6.96. The standard InChI is InChI=1S/C20H17N7O/c1-9-7-11(3)15-13(8-9)17(19(28)22-15)25-27-20-23-18-16(24-26-20)12-6-4-5-10(2)14(12)21-18/h4-8,22,28H,1-3H3,(H,21,23,26). The fourth-order valence-electron chi connectivity index (χ4n) is 3.60. The molecule has 3 N–H and O–H groups in total. The highest BCUT2D eigenvalue weighted by molar-refractivity contribution is 6.04. The van der Waals surface area contributed by atoms with E-state index >= 15 is 0 Å². The number of fused-ring (bicyclic) bond motifs is 4. The molecule has 0 aliphatic rings. The third kappa shape index (κ3) is 2.42. The van der Waals surface area contributed by atoms with E-state index in [0.717, 1.165) is 38.5 Å². The van der Waals surface area contributed by atoms with Crippen LogP contribution in [0.3, 0.4) is 0 Å². The van der Waals surface area contributed by atoms with Gasteiger partial charge in [0.2, 0.25) is 5.88 Å². The highest BCUT2D eigenvalue weighted by Gasteiger charge is 2.14. The normalized spacial score (nSPS) is 12.1. The van der Waals surface area contributed by atoms with E-state index in [4.69, 9.17) is 0 Å². The maximum atomic E-state index is 10.3. The number of para-hydroxylation sites is 1. The molecule has 5 aromatic rings. The van der Waals surface area contributed by atoms with Crippen molar-refractivity contribution in [3.8, 4) is 5.88 Å². The number of benzene rings is 2. The van der Waals surface area contributed by atoms with Crippen molar-refractivity contribution >= 4 is 44.6 Å². The summed E-state index contributed by atoms with van der Waals surface area (Å²) >= 11 is 0. The predicted octanol–water partition coefficient (Wildman–Crippen LogP) is 5.03. The first kappa shape index (κ1) is 16.4. The SMILES string of the molecule is Cc1cc(C)c2[nH]c(O)c(N=Nc3nnc4c(n3)[nH]c3c(C)cccc34)c2c1. The number of hydrogen-bond donors (Lipinski definition) is 3. The van der Waals surface area contributed by atoms with E-state index in [1.165, 1.54) is 0 Å². The summed E-state index contributed by atoms with van der Waals surface area (Å²) < 4.78 is 0. The third-order valence-corrected chi connectivity index (χ3v) is 4.89. The maximum Gasteiger partial charge on any atom is 0.289 e. The van der Waals surface area contributed by atoms with Crippen molar-refractivity contribution in [3.63, 3.8) is 0 Å². The molecular formula is C20H17N7O. The predicted molar refractivity (Wildman–Crippen MR) is 108 cm³/mol. The number of aromatic hydroxyl groups is 1. The van der Waals surface area contributed by atoms with Crippen LogP contribution in [0.4, 0.5) is 11.6 Å². The minimum atomic E-state index is -0.0391. The lowest BCUT2D eigenvalue weighted by Gasteiger charge is -1.98. The van der Waals surface area contributed by atoms with Crippen LogP contribution in [0, 0.1) is 20.8 Å². The molecule has 0 saturated heterocycles. The molecule has 0 fully saturated rings. The van der Waals surface area contributed by atoms with Crippen LogP contribution in [-0.2, 0) is 0 Å². The quantitative estimate of drug-likeness (QED) is 0.377. The molecule has 28 heavy (non-hydrogen) atoms. The molecule has 0 spiro atoms. The van der Waals surface area contributed by atoms with Gasteiger partial charge in [0.25, 0.3) is 5.95 Å². The van der Waals surface area contributed by atoms with Gasteiger partial charge in [-0.15, -0.1) is 20.4 Å². The van der Waals surface area contributed by atoms with E-state index in [0.29, 0.717) is 16.9 Å². The molecule has 138 valence electrons. The molecule has 3 heterocycles. The Hall–Kier alpha value is -3.81. The average Bonchev–Trinajstić information content (AvgIpc) is 3.18. The third-order valence-electron chi connectivity index (χ3n) is 4.89. The number of rotatable bonds is 2. The molecule has 0 aliphatic carbocycles. The van der Waals surface area contributed by atoms with E-state index < -0.39 is 0 Å². The fraction of sp³-hybridized carbons (Fsp3) is 0.150. The van der Waals surface area contributed by atoms with Crippen molar-refractivity contribution in [1.82, 2.24) is 25.1 Å². The van der Waals surface area contributed by atoms with E-state index in [2.05, 4.69) is 35.4 Å². The van der Waals surface area contributed by atoms with Gasteiger partial charge in [-0.1, -0.05) is 29.8 Å². The van der Waals surface area contributed by atoms with E-state index in [-0.39, 0.29) is 11.8 Å². The first-order valence-corrected chi connectivity index (χ1v) is 8.86. The summed E-state index contributed by atoms with van der Waals surface area (Å²) in [6.07, 6.45) is 0. The van der Waals surface area contributed by atoms with Crippen LogP contribution < -0.4 is 0 Å². The Labute approximate surface area is 159 Å². The average molecular weight is 371 g/mol. The molecule has 0 bridgehead atoms. The Morgan fingerprint density at radius 3 is 2.57 bits per heavy atom. The van der Waals surface area contributed by atoms with Gasteiger partial charge in [0.15, 0.2) is 11.3 Å². The molecule has 8 heteroatoms. The van der Waals surface area contributed by atoms with Crippen molar-refractivity contribution in [1.29, 1.82) is 0 Å². The monoisotopic (exact) mass is 371 g/mol. The van der Waals surface area contributed by atoms with Gasteiger partial charge in [-0.25, -0.2) is 0 Å². The number of aromatic nitrogens is 5. The molecule has 5 rings (SSSR count). The lowest BCUT2D eigenvalue weighted by molar-refractivity contribution is 0.459. The van der Waals surface area contributed by atoms with Crippen LogP contribution in [0.5, 0.6) is 5.88 Å². The summed E-state index contributed by atoms with van der Waals surface area (Å²) in [7, 11) is 0. The summed E-state index contributed by atoms with van der Waals surface area (Å²) in [4.78, 5) is 10.6. The van der Waals surface area contributed by atoms with Crippen molar-refractivity contribution in [2.45, 2.75) is 20.8 Å². The lowest BCUT2D eigenvalue weighted by Crippen LogP contribution is -1.86. The first-order valence-electron chi connectivity index (χ1n) is 8.86. The second-order valence-corrected chi connectivity index (χ2v) is 6.96. The van der Waals surface area contributed by atoms with Gasteiger partial charge in [-0.2, -0.15) is 4.98 Å². The number of aromatic amines is 2.